The number of nitrogens with one attached hydrogen (secondary N) is 1. The highest BCUT2D eigenvalue weighted by Gasteiger charge is 2.29. The Morgan fingerprint density at radius 1 is 1.10 bits per heavy atom. The Kier molecular flexibility index (Phi) is 6.80. The average Bonchev–Trinajstić information content (AvgIpc) is 2.70. The molecule has 0 bridgehead atoms. The molecular formula is C21H17BrClFN2O3S. The van der Waals surface area contributed by atoms with Crippen molar-refractivity contribution in [3.8, 4) is 0 Å². The molecule has 1 amide bonds. The zero-order valence-corrected chi connectivity index (χ0v) is 18.9. The predicted octanol–water partition coefficient (Wildman–Crippen LogP) is 5.38. The molecule has 0 unspecified atom stereocenters. The van der Waals surface area contributed by atoms with Crippen LogP contribution in [0.5, 0.6) is 0 Å². The summed E-state index contributed by atoms with van der Waals surface area (Å²) in [7, 11) is -4.20. The molecule has 0 radical (unpaired) electrons. The largest absolute Gasteiger partial charge is 0.324 e. The van der Waals surface area contributed by atoms with Crippen LogP contribution >= 0.6 is 27.5 Å². The Hall–Kier alpha value is -2.42. The van der Waals surface area contributed by atoms with Gasteiger partial charge in [0.1, 0.15) is 12.4 Å². The van der Waals surface area contributed by atoms with Crippen molar-refractivity contribution in [2.75, 3.05) is 16.2 Å². The second-order valence-corrected chi connectivity index (χ2v) is 9.58. The van der Waals surface area contributed by atoms with E-state index in [-0.39, 0.29) is 10.6 Å². The third-order valence-corrected chi connectivity index (χ3v) is 7.23. The van der Waals surface area contributed by atoms with E-state index in [0.29, 0.717) is 15.2 Å². The van der Waals surface area contributed by atoms with Crippen molar-refractivity contribution in [2.24, 2.45) is 0 Å². The summed E-state index contributed by atoms with van der Waals surface area (Å²) in [5, 5.41) is 2.97. The summed E-state index contributed by atoms with van der Waals surface area (Å²) in [5.41, 5.74) is 1.03. The van der Waals surface area contributed by atoms with Crippen LogP contribution in [0, 0.1) is 12.7 Å². The lowest BCUT2D eigenvalue weighted by Gasteiger charge is -2.24. The summed E-state index contributed by atoms with van der Waals surface area (Å²) in [5.74, 6) is -1.40. The Labute approximate surface area is 187 Å². The number of hydrogen-bond acceptors (Lipinski definition) is 3. The number of aryl methyl sites for hydroxylation is 1. The van der Waals surface area contributed by atoms with E-state index in [1.807, 2.05) is 6.92 Å². The van der Waals surface area contributed by atoms with E-state index in [0.717, 1.165) is 15.9 Å². The minimum absolute atomic E-state index is 0.0455. The number of para-hydroxylation sites is 1. The van der Waals surface area contributed by atoms with Gasteiger partial charge in [0.05, 0.1) is 15.6 Å². The monoisotopic (exact) mass is 510 g/mol. The number of anilines is 2. The smallest absolute Gasteiger partial charge is 0.264 e. The fraction of sp³-hybridized carbons (Fsp3) is 0.0952. The minimum atomic E-state index is -4.20. The van der Waals surface area contributed by atoms with Gasteiger partial charge in [0.15, 0.2) is 0 Å². The van der Waals surface area contributed by atoms with Crippen LogP contribution in [0.2, 0.25) is 5.02 Å². The SMILES string of the molecule is Cc1ccc(S(=O)(=O)N(CC(=O)Nc2ccc(Br)c(Cl)c2)c2ccccc2F)cc1. The summed E-state index contributed by atoms with van der Waals surface area (Å²) in [6.07, 6.45) is 0. The first kappa shape index (κ1) is 22.3. The molecule has 3 rings (SSSR count). The molecule has 5 nitrogen and oxygen atoms in total. The molecule has 3 aromatic rings. The van der Waals surface area contributed by atoms with Crippen LogP contribution in [0.3, 0.4) is 0 Å². The molecule has 1 N–H and O–H groups in total. The second-order valence-electron chi connectivity index (χ2n) is 6.45. The first-order valence-electron chi connectivity index (χ1n) is 8.77. The number of carbonyl (C=O) groups excluding carboxylic acids is 1. The number of sulfonamides is 1. The Balaban J connectivity index is 1.95. The van der Waals surface area contributed by atoms with Crippen molar-refractivity contribution < 1.29 is 17.6 Å². The molecule has 0 heterocycles. The highest BCUT2D eigenvalue weighted by molar-refractivity contribution is 9.10. The van der Waals surface area contributed by atoms with Gasteiger partial charge in [0.2, 0.25) is 5.91 Å². The molecule has 156 valence electrons. The minimum Gasteiger partial charge on any atom is -0.324 e. The van der Waals surface area contributed by atoms with Gasteiger partial charge in [-0.25, -0.2) is 12.8 Å². The van der Waals surface area contributed by atoms with Crippen molar-refractivity contribution in [3.63, 3.8) is 0 Å². The van der Waals surface area contributed by atoms with Crippen molar-refractivity contribution in [1.82, 2.24) is 0 Å². The number of halogens is 3. The average molecular weight is 512 g/mol. The van der Waals surface area contributed by atoms with Gasteiger partial charge in [-0.1, -0.05) is 41.4 Å². The van der Waals surface area contributed by atoms with Crippen molar-refractivity contribution in [2.45, 2.75) is 11.8 Å². The molecule has 0 aliphatic heterocycles. The molecule has 0 aromatic heterocycles. The molecule has 0 atom stereocenters. The van der Waals surface area contributed by atoms with Crippen molar-refractivity contribution >= 4 is 54.8 Å². The quantitative estimate of drug-likeness (QED) is 0.483. The maximum Gasteiger partial charge on any atom is 0.264 e. The molecule has 0 fully saturated rings. The lowest BCUT2D eigenvalue weighted by atomic mass is 10.2. The van der Waals surface area contributed by atoms with E-state index in [1.165, 1.54) is 36.4 Å². The van der Waals surface area contributed by atoms with Crippen LogP contribution < -0.4 is 9.62 Å². The van der Waals surface area contributed by atoms with Gasteiger partial charge in [0.25, 0.3) is 10.0 Å². The van der Waals surface area contributed by atoms with E-state index in [2.05, 4.69) is 21.2 Å². The highest BCUT2D eigenvalue weighted by Crippen LogP contribution is 2.28. The third kappa shape index (κ3) is 5.00. The van der Waals surface area contributed by atoms with Gasteiger partial charge in [0, 0.05) is 10.2 Å². The zero-order chi connectivity index (χ0) is 21.9. The van der Waals surface area contributed by atoms with E-state index in [1.54, 1.807) is 24.3 Å². The van der Waals surface area contributed by atoms with Gasteiger partial charge in [-0.3, -0.25) is 9.10 Å². The number of nitrogens with zero attached hydrogens (tertiary/aromatic N) is 1. The summed E-state index contributed by atoms with van der Waals surface area (Å²) in [4.78, 5) is 12.6. The number of benzene rings is 3. The zero-order valence-electron chi connectivity index (χ0n) is 15.8. The molecule has 0 aliphatic rings. The van der Waals surface area contributed by atoms with Gasteiger partial charge >= 0.3 is 0 Å². The van der Waals surface area contributed by atoms with E-state index in [4.69, 9.17) is 11.6 Å². The van der Waals surface area contributed by atoms with Crippen LogP contribution in [0.1, 0.15) is 5.56 Å². The molecule has 0 saturated heterocycles. The Morgan fingerprint density at radius 2 is 1.77 bits per heavy atom. The maximum atomic E-state index is 14.5. The Morgan fingerprint density at radius 3 is 2.40 bits per heavy atom. The molecule has 0 aliphatic carbocycles. The lowest BCUT2D eigenvalue weighted by Crippen LogP contribution is -2.38. The van der Waals surface area contributed by atoms with Crippen LogP contribution in [-0.4, -0.2) is 20.9 Å². The maximum absolute atomic E-state index is 14.5. The summed E-state index contributed by atoms with van der Waals surface area (Å²) >= 11 is 9.29. The van der Waals surface area contributed by atoms with Gasteiger partial charge < -0.3 is 5.32 Å². The molecule has 3 aromatic carbocycles. The fourth-order valence-corrected chi connectivity index (χ4v) is 4.55. The van der Waals surface area contributed by atoms with Crippen LogP contribution in [0.15, 0.2) is 76.1 Å². The van der Waals surface area contributed by atoms with E-state index >= 15 is 0 Å². The molecule has 30 heavy (non-hydrogen) atoms. The predicted molar refractivity (Wildman–Crippen MR) is 120 cm³/mol. The van der Waals surface area contributed by atoms with E-state index < -0.39 is 28.3 Å². The van der Waals surface area contributed by atoms with Crippen LogP contribution in [0.25, 0.3) is 0 Å². The highest BCUT2D eigenvalue weighted by atomic mass is 79.9. The lowest BCUT2D eigenvalue weighted by molar-refractivity contribution is -0.114. The summed E-state index contributed by atoms with van der Waals surface area (Å²) in [6, 6.07) is 16.3. The Bertz CT molecular complexity index is 1190. The van der Waals surface area contributed by atoms with Gasteiger partial charge in [-0.2, -0.15) is 0 Å². The standard InChI is InChI=1S/C21H17BrClFN2O3S/c1-14-6-9-16(10-7-14)30(28,29)26(20-5-3-2-4-19(20)24)13-21(27)25-15-8-11-17(22)18(23)12-15/h2-12H,13H2,1H3,(H,25,27). The summed E-state index contributed by atoms with van der Waals surface area (Å²) in [6.45, 7) is 1.20. The topological polar surface area (TPSA) is 66.5 Å². The normalized spacial score (nSPS) is 11.2. The summed E-state index contributed by atoms with van der Waals surface area (Å²) < 4.78 is 42.3. The van der Waals surface area contributed by atoms with Gasteiger partial charge in [-0.15, -0.1) is 0 Å². The first-order valence-corrected chi connectivity index (χ1v) is 11.4. The third-order valence-electron chi connectivity index (χ3n) is 4.22. The number of amides is 1. The molecule has 9 heteroatoms. The van der Waals surface area contributed by atoms with Crippen LogP contribution in [-0.2, 0) is 14.8 Å². The molecule has 0 saturated carbocycles. The second kappa shape index (κ2) is 9.16. The molecular weight excluding hydrogens is 495 g/mol. The van der Waals surface area contributed by atoms with Crippen molar-refractivity contribution in [3.05, 3.63) is 87.6 Å². The van der Waals surface area contributed by atoms with E-state index in [9.17, 15) is 17.6 Å². The van der Waals surface area contributed by atoms with Crippen molar-refractivity contribution in [1.29, 1.82) is 0 Å². The first-order chi connectivity index (χ1) is 14.2. The number of carbonyl (C=O) groups is 1. The number of rotatable bonds is 6. The van der Waals surface area contributed by atoms with Gasteiger partial charge in [-0.05, 0) is 65.3 Å². The number of hydrogen-bond donors (Lipinski definition) is 1. The molecule has 0 spiro atoms. The fourth-order valence-electron chi connectivity index (χ4n) is 2.70. The van der Waals surface area contributed by atoms with Crippen LogP contribution in [0.4, 0.5) is 15.8 Å².